The molecule has 5 heteroatoms. The third kappa shape index (κ3) is 3.71. The van der Waals surface area contributed by atoms with Gasteiger partial charge in [0.25, 0.3) is 0 Å². The Morgan fingerprint density at radius 3 is 2.33 bits per heavy atom. The summed E-state index contributed by atoms with van der Waals surface area (Å²) in [5.41, 5.74) is -0.311. The van der Waals surface area contributed by atoms with Crippen molar-refractivity contribution in [3.63, 3.8) is 0 Å². The van der Waals surface area contributed by atoms with Crippen molar-refractivity contribution in [2.24, 2.45) is 0 Å². The van der Waals surface area contributed by atoms with Crippen LogP contribution in [0.2, 0.25) is 0 Å². The maximum atomic E-state index is 12.6. The molecule has 1 amide bonds. The Bertz CT molecular complexity index is 593. The van der Waals surface area contributed by atoms with Crippen LogP contribution in [0.25, 0.3) is 0 Å². The predicted octanol–water partition coefficient (Wildman–Crippen LogP) is 3.52. The summed E-state index contributed by atoms with van der Waals surface area (Å²) < 4.78 is 10.6. The Labute approximate surface area is 143 Å². The standard InChI is InChI=1S/C19H27NO4/c1-14-13-19(16(21)23-5,15-9-7-6-8-10-15)11-12-20(14)17(22)24-18(2,3)4/h6-10,14H,11-13H2,1-5H3/t14-,19-/m0/s1. The van der Waals surface area contributed by atoms with E-state index in [1.54, 1.807) is 4.90 Å². The van der Waals surface area contributed by atoms with Gasteiger partial charge in [0.1, 0.15) is 5.60 Å². The number of rotatable bonds is 2. The number of esters is 1. The van der Waals surface area contributed by atoms with Crippen molar-refractivity contribution < 1.29 is 19.1 Å². The van der Waals surface area contributed by atoms with Crippen LogP contribution in [-0.4, -0.2) is 42.3 Å². The summed E-state index contributed by atoms with van der Waals surface area (Å²) in [6.45, 7) is 7.95. The first-order valence-electron chi connectivity index (χ1n) is 8.33. The summed E-state index contributed by atoms with van der Waals surface area (Å²) in [7, 11) is 1.41. The van der Waals surface area contributed by atoms with Gasteiger partial charge in [-0.25, -0.2) is 4.79 Å². The fourth-order valence-electron chi connectivity index (χ4n) is 3.36. The van der Waals surface area contributed by atoms with Gasteiger partial charge < -0.3 is 14.4 Å². The molecular formula is C19H27NO4. The SMILES string of the molecule is COC(=O)[C@@]1(c2ccccc2)CCN(C(=O)OC(C)(C)C)[C@@H](C)C1. The van der Waals surface area contributed by atoms with E-state index in [9.17, 15) is 9.59 Å². The van der Waals surface area contributed by atoms with E-state index in [2.05, 4.69) is 0 Å². The Morgan fingerprint density at radius 2 is 1.83 bits per heavy atom. The van der Waals surface area contributed by atoms with E-state index >= 15 is 0 Å². The van der Waals surface area contributed by atoms with Crippen molar-refractivity contribution in [3.05, 3.63) is 35.9 Å². The van der Waals surface area contributed by atoms with Crippen LogP contribution in [0, 0.1) is 0 Å². The molecule has 2 rings (SSSR count). The number of carbonyl (C=O) groups excluding carboxylic acids is 2. The third-order valence-electron chi connectivity index (χ3n) is 4.49. The predicted molar refractivity (Wildman–Crippen MR) is 91.8 cm³/mol. The quantitative estimate of drug-likeness (QED) is 0.777. The smallest absolute Gasteiger partial charge is 0.410 e. The molecule has 24 heavy (non-hydrogen) atoms. The average Bonchev–Trinajstić information content (AvgIpc) is 2.52. The van der Waals surface area contributed by atoms with Gasteiger partial charge in [-0.1, -0.05) is 30.3 Å². The normalized spacial score (nSPS) is 24.4. The molecular weight excluding hydrogens is 306 g/mol. The number of carbonyl (C=O) groups is 2. The zero-order chi connectivity index (χ0) is 18.0. The molecule has 1 saturated heterocycles. The molecule has 1 aliphatic heterocycles. The first kappa shape index (κ1) is 18.3. The van der Waals surface area contributed by atoms with Crippen LogP contribution in [0.15, 0.2) is 30.3 Å². The van der Waals surface area contributed by atoms with Gasteiger partial charge in [0.2, 0.25) is 0 Å². The van der Waals surface area contributed by atoms with Gasteiger partial charge in [0.15, 0.2) is 0 Å². The molecule has 0 unspecified atom stereocenters. The molecule has 1 heterocycles. The number of benzene rings is 1. The summed E-state index contributed by atoms with van der Waals surface area (Å²) >= 11 is 0. The largest absolute Gasteiger partial charge is 0.468 e. The number of methoxy groups -OCH3 is 1. The molecule has 0 spiro atoms. The molecule has 0 N–H and O–H groups in total. The number of likely N-dealkylation sites (tertiary alicyclic amines) is 1. The Balaban J connectivity index is 2.25. The molecule has 0 bridgehead atoms. The second-order valence-corrected chi connectivity index (χ2v) is 7.42. The molecule has 1 aromatic carbocycles. The number of nitrogens with zero attached hydrogens (tertiary/aromatic N) is 1. The molecule has 0 saturated carbocycles. The zero-order valence-corrected chi connectivity index (χ0v) is 15.2. The van der Waals surface area contributed by atoms with Crippen molar-refractivity contribution in [1.29, 1.82) is 0 Å². The third-order valence-corrected chi connectivity index (χ3v) is 4.49. The fourth-order valence-corrected chi connectivity index (χ4v) is 3.36. The second kappa shape index (κ2) is 6.83. The van der Waals surface area contributed by atoms with Crippen LogP contribution in [-0.2, 0) is 19.7 Å². The van der Waals surface area contributed by atoms with E-state index in [0.29, 0.717) is 19.4 Å². The molecule has 0 radical (unpaired) electrons. The number of amides is 1. The van der Waals surface area contributed by atoms with Crippen LogP contribution in [0.4, 0.5) is 4.79 Å². The molecule has 5 nitrogen and oxygen atoms in total. The van der Waals surface area contributed by atoms with Crippen LogP contribution in [0.5, 0.6) is 0 Å². The van der Waals surface area contributed by atoms with Gasteiger partial charge in [-0.2, -0.15) is 0 Å². The zero-order valence-electron chi connectivity index (χ0n) is 15.2. The Kier molecular flexibility index (Phi) is 5.21. The van der Waals surface area contributed by atoms with E-state index in [0.717, 1.165) is 5.56 Å². The number of piperidine rings is 1. The highest BCUT2D eigenvalue weighted by Crippen LogP contribution is 2.39. The second-order valence-electron chi connectivity index (χ2n) is 7.42. The van der Waals surface area contributed by atoms with E-state index < -0.39 is 11.0 Å². The molecule has 1 aromatic rings. The fraction of sp³-hybridized carbons (Fsp3) is 0.579. The van der Waals surface area contributed by atoms with Crippen LogP contribution < -0.4 is 0 Å². The lowest BCUT2D eigenvalue weighted by atomic mass is 9.70. The summed E-state index contributed by atoms with van der Waals surface area (Å²) in [5, 5.41) is 0. The van der Waals surface area contributed by atoms with Gasteiger partial charge in [0, 0.05) is 12.6 Å². The highest BCUT2D eigenvalue weighted by atomic mass is 16.6. The lowest BCUT2D eigenvalue weighted by Gasteiger charge is -2.44. The first-order valence-corrected chi connectivity index (χ1v) is 8.33. The van der Waals surface area contributed by atoms with Crippen LogP contribution >= 0.6 is 0 Å². The molecule has 0 aromatic heterocycles. The summed E-state index contributed by atoms with van der Waals surface area (Å²) in [6.07, 6.45) is 0.706. The lowest BCUT2D eigenvalue weighted by molar-refractivity contribution is -0.150. The van der Waals surface area contributed by atoms with Crippen molar-refractivity contribution in [2.75, 3.05) is 13.7 Å². The van der Waals surface area contributed by atoms with E-state index in [-0.39, 0.29) is 18.1 Å². The monoisotopic (exact) mass is 333 g/mol. The van der Waals surface area contributed by atoms with Crippen LogP contribution in [0.1, 0.15) is 46.1 Å². The van der Waals surface area contributed by atoms with E-state index in [4.69, 9.17) is 9.47 Å². The Morgan fingerprint density at radius 1 is 1.21 bits per heavy atom. The molecule has 1 aliphatic rings. The van der Waals surface area contributed by atoms with Gasteiger partial charge in [-0.05, 0) is 46.1 Å². The molecule has 0 aliphatic carbocycles. The van der Waals surface area contributed by atoms with Gasteiger partial charge >= 0.3 is 12.1 Å². The number of hydrogen-bond donors (Lipinski definition) is 0. The first-order chi connectivity index (χ1) is 11.2. The van der Waals surface area contributed by atoms with Crippen molar-refractivity contribution in [1.82, 2.24) is 4.90 Å². The summed E-state index contributed by atoms with van der Waals surface area (Å²) in [4.78, 5) is 26.7. The molecule has 132 valence electrons. The molecule has 2 atom stereocenters. The van der Waals surface area contributed by atoms with Gasteiger partial charge in [-0.3, -0.25) is 4.79 Å². The minimum absolute atomic E-state index is 0.118. The van der Waals surface area contributed by atoms with Gasteiger partial charge in [0.05, 0.1) is 12.5 Å². The minimum Gasteiger partial charge on any atom is -0.468 e. The highest BCUT2D eigenvalue weighted by molar-refractivity contribution is 5.84. The highest BCUT2D eigenvalue weighted by Gasteiger charge is 2.48. The topological polar surface area (TPSA) is 55.8 Å². The van der Waals surface area contributed by atoms with Crippen LogP contribution in [0.3, 0.4) is 0 Å². The van der Waals surface area contributed by atoms with Crippen molar-refractivity contribution >= 4 is 12.1 Å². The average molecular weight is 333 g/mol. The maximum Gasteiger partial charge on any atom is 0.410 e. The minimum atomic E-state index is -0.714. The number of hydrogen-bond acceptors (Lipinski definition) is 4. The van der Waals surface area contributed by atoms with Crippen molar-refractivity contribution in [3.8, 4) is 0 Å². The summed E-state index contributed by atoms with van der Waals surface area (Å²) in [5.74, 6) is -0.246. The van der Waals surface area contributed by atoms with E-state index in [1.807, 2.05) is 58.0 Å². The lowest BCUT2D eigenvalue weighted by Crippen LogP contribution is -2.54. The Hall–Kier alpha value is -2.04. The number of ether oxygens (including phenoxy) is 2. The van der Waals surface area contributed by atoms with Gasteiger partial charge in [-0.15, -0.1) is 0 Å². The van der Waals surface area contributed by atoms with E-state index in [1.165, 1.54) is 7.11 Å². The molecule has 1 fully saturated rings. The van der Waals surface area contributed by atoms with Crippen molar-refractivity contribution in [2.45, 2.75) is 57.6 Å². The maximum absolute atomic E-state index is 12.6. The summed E-state index contributed by atoms with van der Waals surface area (Å²) in [6, 6.07) is 9.55.